The monoisotopic (exact) mass is 226 g/mol. The molecular formula is C10H14N2O4. The number of imide groups is 1. The van der Waals surface area contributed by atoms with Crippen LogP contribution in [-0.2, 0) is 19.2 Å². The lowest BCUT2D eigenvalue weighted by atomic mass is 10.1. The predicted molar refractivity (Wildman–Crippen MR) is 52.8 cm³/mol. The number of hydroxylamine groups is 2. The standard InChI is InChI=1S/C10H14N2O4/c13-8-4-5-9(14)12(8)16-10(15)7-3-1-2-6-11-7/h7,11H,1-6H2/t7-/m0/s1. The molecule has 2 heterocycles. The minimum atomic E-state index is -0.539. The first-order valence-electron chi connectivity index (χ1n) is 5.49. The lowest BCUT2D eigenvalue weighted by Gasteiger charge is -2.23. The molecule has 0 aromatic carbocycles. The van der Waals surface area contributed by atoms with Gasteiger partial charge in [-0.25, -0.2) is 4.79 Å². The van der Waals surface area contributed by atoms with Gasteiger partial charge in [-0.15, -0.1) is 5.06 Å². The predicted octanol–water partition coefficient (Wildman–Crippen LogP) is -0.264. The second-order valence-electron chi connectivity index (χ2n) is 3.99. The Kier molecular flexibility index (Phi) is 3.19. The van der Waals surface area contributed by atoms with Gasteiger partial charge in [0.1, 0.15) is 6.04 Å². The number of carbonyl (C=O) groups is 3. The van der Waals surface area contributed by atoms with Crippen LogP contribution in [0.5, 0.6) is 0 Å². The van der Waals surface area contributed by atoms with Crippen LogP contribution in [0.3, 0.4) is 0 Å². The molecular weight excluding hydrogens is 212 g/mol. The summed E-state index contributed by atoms with van der Waals surface area (Å²) in [6.45, 7) is 0.766. The van der Waals surface area contributed by atoms with Crippen LogP contribution in [0.15, 0.2) is 0 Å². The van der Waals surface area contributed by atoms with E-state index in [1.54, 1.807) is 0 Å². The van der Waals surface area contributed by atoms with E-state index >= 15 is 0 Å². The van der Waals surface area contributed by atoms with E-state index in [4.69, 9.17) is 4.84 Å². The van der Waals surface area contributed by atoms with Crippen molar-refractivity contribution in [3.63, 3.8) is 0 Å². The average molecular weight is 226 g/mol. The van der Waals surface area contributed by atoms with Gasteiger partial charge in [-0.2, -0.15) is 0 Å². The highest BCUT2D eigenvalue weighted by Gasteiger charge is 2.35. The van der Waals surface area contributed by atoms with Crippen LogP contribution in [0.2, 0.25) is 0 Å². The maximum atomic E-state index is 11.6. The summed E-state index contributed by atoms with van der Waals surface area (Å²) >= 11 is 0. The van der Waals surface area contributed by atoms with Crippen molar-refractivity contribution in [3.05, 3.63) is 0 Å². The van der Waals surface area contributed by atoms with Gasteiger partial charge in [-0.1, -0.05) is 6.42 Å². The summed E-state index contributed by atoms with van der Waals surface area (Å²) in [5.74, 6) is -1.41. The summed E-state index contributed by atoms with van der Waals surface area (Å²) in [7, 11) is 0. The molecule has 88 valence electrons. The fraction of sp³-hybridized carbons (Fsp3) is 0.700. The van der Waals surface area contributed by atoms with E-state index in [1.165, 1.54) is 0 Å². The molecule has 0 saturated carbocycles. The van der Waals surface area contributed by atoms with Crippen molar-refractivity contribution in [2.45, 2.75) is 38.1 Å². The molecule has 2 amide bonds. The van der Waals surface area contributed by atoms with Gasteiger partial charge in [0, 0.05) is 12.8 Å². The quantitative estimate of drug-likeness (QED) is 0.656. The van der Waals surface area contributed by atoms with Crippen molar-refractivity contribution in [1.29, 1.82) is 0 Å². The number of amides is 2. The first-order chi connectivity index (χ1) is 7.68. The molecule has 6 heteroatoms. The molecule has 0 radical (unpaired) electrons. The van der Waals surface area contributed by atoms with Crippen LogP contribution in [0.1, 0.15) is 32.1 Å². The Labute approximate surface area is 92.9 Å². The molecule has 0 bridgehead atoms. The van der Waals surface area contributed by atoms with Crippen LogP contribution >= 0.6 is 0 Å². The van der Waals surface area contributed by atoms with Gasteiger partial charge in [-0.3, -0.25) is 9.59 Å². The van der Waals surface area contributed by atoms with Crippen molar-refractivity contribution in [2.75, 3.05) is 6.54 Å². The van der Waals surface area contributed by atoms with Gasteiger partial charge >= 0.3 is 5.97 Å². The maximum absolute atomic E-state index is 11.6. The zero-order valence-corrected chi connectivity index (χ0v) is 8.90. The largest absolute Gasteiger partial charge is 0.349 e. The molecule has 0 unspecified atom stereocenters. The van der Waals surface area contributed by atoms with E-state index in [9.17, 15) is 14.4 Å². The highest BCUT2D eigenvalue weighted by molar-refractivity contribution is 6.01. The number of hydrogen-bond donors (Lipinski definition) is 1. The SMILES string of the molecule is O=C(ON1C(=O)CCC1=O)[C@@H]1CCCCN1. The first kappa shape index (κ1) is 11.1. The van der Waals surface area contributed by atoms with Crippen molar-refractivity contribution < 1.29 is 19.2 Å². The lowest BCUT2D eigenvalue weighted by Crippen LogP contribution is -2.45. The molecule has 6 nitrogen and oxygen atoms in total. The molecule has 0 aliphatic carbocycles. The normalized spacial score (nSPS) is 26.0. The fourth-order valence-corrected chi connectivity index (χ4v) is 1.86. The van der Waals surface area contributed by atoms with Crippen molar-refractivity contribution in [3.8, 4) is 0 Å². The topological polar surface area (TPSA) is 75.7 Å². The third-order valence-electron chi connectivity index (χ3n) is 2.78. The summed E-state index contributed by atoms with van der Waals surface area (Å²) in [6.07, 6.45) is 2.93. The van der Waals surface area contributed by atoms with Crippen LogP contribution < -0.4 is 5.32 Å². The summed E-state index contributed by atoms with van der Waals surface area (Å²) < 4.78 is 0. The van der Waals surface area contributed by atoms with Crippen LogP contribution in [-0.4, -0.2) is 35.4 Å². The lowest BCUT2D eigenvalue weighted by molar-refractivity contribution is -0.199. The van der Waals surface area contributed by atoms with Gasteiger partial charge < -0.3 is 10.2 Å². The Morgan fingerprint density at radius 3 is 2.50 bits per heavy atom. The molecule has 2 rings (SSSR count). The van der Waals surface area contributed by atoms with E-state index in [2.05, 4.69) is 5.32 Å². The molecule has 2 saturated heterocycles. The number of hydrogen-bond acceptors (Lipinski definition) is 5. The number of nitrogens with zero attached hydrogens (tertiary/aromatic N) is 1. The van der Waals surface area contributed by atoms with Crippen molar-refractivity contribution >= 4 is 17.8 Å². The van der Waals surface area contributed by atoms with Crippen LogP contribution in [0.4, 0.5) is 0 Å². The second-order valence-corrected chi connectivity index (χ2v) is 3.99. The fourth-order valence-electron chi connectivity index (χ4n) is 1.86. The van der Waals surface area contributed by atoms with Crippen molar-refractivity contribution in [2.24, 2.45) is 0 Å². The highest BCUT2D eigenvalue weighted by atomic mass is 16.7. The zero-order valence-electron chi connectivity index (χ0n) is 8.90. The molecule has 2 fully saturated rings. The third kappa shape index (κ3) is 2.21. The number of piperidine rings is 1. The summed E-state index contributed by atoms with van der Waals surface area (Å²) in [4.78, 5) is 38.8. The van der Waals surface area contributed by atoms with Gasteiger partial charge in [-0.05, 0) is 19.4 Å². The van der Waals surface area contributed by atoms with Gasteiger partial charge in [0.25, 0.3) is 11.8 Å². The molecule has 2 aliphatic heterocycles. The van der Waals surface area contributed by atoms with E-state index < -0.39 is 23.8 Å². The Hall–Kier alpha value is -1.43. The molecule has 1 atom stereocenters. The average Bonchev–Trinajstić information content (AvgIpc) is 2.62. The van der Waals surface area contributed by atoms with Crippen molar-refractivity contribution in [1.82, 2.24) is 10.4 Å². The molecule has 16 heavy (non-hydrogen) atoms. The van der Waals surface area contributed by atoms with E-state index in [1.807, 2.05) is 0 Å². The Bertz CT molecular complexity index is 307. The zero-order chi connectivity index (χ0) is 11.5. The molecule has 0 aromatic rings. The minimum absolute atomic E-state index is 0.129. The summed E-state index contributed by atoms with van der Waals surface area (Å²) in [5, 5.41) is 3.59. The number of nitrogens with one attached hydrogen (secondary N) is 1. The van der Waals surface area contributed by atoms with Crippen LogP contribution in [0.25, 0.3) is 0 Å². The Balaban J connectivity index is 1.90. The Morgan fingerprint density at radius 1 is 1.25 bits per heavy atom. The smallest absolute Gasteiger partial charge is 0.329 e. The van der Waals surface area contributed by atoms with E-state index in [0.29, 0.717) is 11.5 Å². The molecule has 0 spiro atoms. The van der Waals surface area contributed by atoms with Gasteiger partial charge in [0.15, 0.2) is 0 Å². The number of rotatable bonds is 2. The second kappa shape index (κ2) is 4.61. The summed E-state index contributed by atoms with van der Waals surface area (Å²) in [5.41, 5.74) is 0. The van der Waals surface area contributed by atoms with Gasteiger partial charge in [0.05, 0.1) is 0 Å². The molecule has 2 aliphatic rings. The van der Waals surface area contributed by atoms with E-state index in [0.717, 1.165) is 19.4 Å². The molecule has 0 aromatic heterocycles. The van der Waals surface area contributed by atoms with Crippen LogP contribution in [0, 0.1) is 0 Å². The molecule has 1 N–H and O–H groups in total. The van der Waals surface area contributed by atoms with Gasteiger partial charge in [0.2, 0.25) is 0 Å². The highest BCUT2D eigenvalue weighted by Crippen LogP contribution is 2.15. The minimum Gasteiger partial charge on any atom is -0.329 e. The first-order valence-corrected chi connectivity index (χ1v) is 5.49. The Morgan fingerprint density at radius 2 is 1.94 bits per heavy atom. The third-order valence-corrected chi connectivity index (χ3v) is 2.78. The van der Waals surface area contributed by atoms with E-state index in [-0.39, 0.29) is 12.8 Å². The maximum Gasteiger partial charge on any atom is 0.349 e. The summed E-state index contributed by atoms with van der Waals surface area (Å²) in [6, 6.07) is -0.394. The number of carbonyl (C=O) groups excluding carboxylic acids is 3.